The molecule has 0 aliphatic carbocycles. The molecule has 0 atom stereocenters. The van der Waals surface area contributed by atoms with Crippen molar-refractivity contribution in [1.82, 2.24) is 5.32 Å². The number of hydrogen-bond donors (Lipinski definition) is 2. The minimum absolute atomic E-state index is 0.113. The molecular formula is C15H23N3O. The van der Waals surface area contributed by atoms with E-state index in [2.05, 4.69) is 41.5 Å². The van der Waals surface area contributed by atoms with Gasteiger partial charge in [-0.1, -0.05) is 0 Å². The van der Waals surface area contributed by atoms with E-state index >= 15 is 0 Å². The maximum Gasteiger partial charge on any atom is 0.224 e. The summed E-state index contributed by atoms with van der Waals surface area (Å²) < 4.78 is 0. The van der Waals surface area contributed by atoms with Gasteiger partial charge in [0.25, 0.3) is 0 Å². The molecule has 0 bridgehead atoms. The Bertz CT molecular complexity index is 408. The van der Waals surface area contributed by atoms with Gasteiger partial charge >= 0.3 is 0 Å². The van der Waals surface area contributed by atoms with E-state index in [1.165, 1.54) is 5.69 Å². The molecule has 0 aromatic heterocycles. The number of hydrogen-bond acceptors (Lipinski definition) is 3. The lowest BCUT2D eigenvalue weighted by atomic mass is 9.99. The summed E-state index contributed by atoms with van der Waals surface area (Å²) in [6.07, 6.45) is 0.616. The van der Waals surface area contributed by atoms with Crippen molar-refractivity contribution in [2.24, 2.45) is 5.92 Å². The van der Waals surface area contributed by atoms with E-state index in [0.29, 0.717) is 12.3 Å². The summed E-state index contributed by atoms with van der Waals surface area (Å²) >= 11 is 0. The zero-order chi connectivity index (χ0) is 13.7. The average Bonchev–Trinajstić information content (AvgIpc) is 2.37. The summed E-state index contributed by atoms with van der Waals surface area (Å²) in [5, 5.41) is 6.14. The van der Waals surface area contributed by atoms with Crippen LogP contribution in [0.15, 0.2) is 24.3 Å². The van der Waals surface area contributed by atoms with Crippen molar-refractivity contribution in [3.8, 4) is 0 Å². The zero-order valence-corrected chi connectivity index (χ0v) is 11.8. The third-order valence-corrected chi connectivity index (χ3v) is 3.62. The van der Waals surface area contributed by atoms with Gasteiger partial charge in [0, 0.05) is 30.9 Å². The second-order valence-electron chi connectivity index (χ2n) is 5.00. The van der Waals surface area contributed by atoms with Crippen LogP contribution in [0.25, 0.3) is 0 Å². The molecule has 1 fully saturated rings. The van der Waals surface area contributed by atoms with E-state index in [9.17, 15) is 4.79 Å². The Balaban J connectivity index is 1.88. The van der Waals surface area contributed by atoms with Gasteiger partial charge in [-0.25, -0.2) is 0 Å². The van der Waals surface area contributed by atoms with Crippen molar-refractivity contribution in [3.63, 3.8) is 0 Å². The Morgan fingerprint density at radius 3 is 2.37 bits per heavy atom. The second kappa shape index (κ2) is 6.57. The standard InChI is InChI=1S/C15H23N3O/c1-3-18(4-2)14-7-5-13(6-8-14)17-15(19)9-12-10-16-11-12/h5-8,12,16H,3-4,9-11H2,1-2H3,(H,17,19). The van der Waals surface area contributed by atoms with Crippen molar-refractivity contribution in [3.05, 3.63) is 24.3 Å². The van der Waals surface area contributed by atoms with Crippen molar-refractivity contribution in [2.75, 3.05) is 36.4 Å². The van der Waals surface area contributed by atoms with Crippen molar-refractivity contribution >= 4 is 17.3 Å². The second-order valence-corrected chi connectivity index (χ2v) is 5.00. The molecule has 1 aromatic carbocycles. The summed E-state index contributed by atoms with van der Waals surface area (Å²) in [6.45, 7) is 8.22. The number of nitrogens with one attached hydrogen (secondary N) is 2. The molecule has 0 saturated carbocycles. The SMILES string of the molecule is CCN(CC)c1ccc(NC(=O)CC2CNC2)cc1. The first-order valence-corrected chi connectivity index (χ1v) is 7.08. The lowest BCUT2D eigenvalue weighted by Gasteiger charge is -2.26. The van der Waals surface area contributed by atoms with E-state index in [1.807, 2.05) is 12.1 Å². The maximum atomic E-state index is 11.8. The Kier molecular flexibility index (Phi) is 4.80. The molecule has 4 heteroatoms. The highest BCUT2D eigenvalue weighted by Crippen LogP contribution is 2.18. The summed E-state index contributed by atoms with van der Waals surface area (Å²) in [5.74, 6) is 0.622. The van der Waals surface area contributed by atoms with Gasteiger partial charge in [-0.15, -0.1) is 0 Å². The number of carbonyl (C=O) groups is 1. The fraction of sp³-hybridized carbons (Fsp3) is 0.533. The van der Waals surface area contributed by atoms with Crippen molar-refractivity contribution in [1.29, 1.82) is 0 Å². The topological polar surface area (TPSA) is 44.4 Å². The van der Waals surface area contributed by atoms with Crippen molar-refractivity contribution in [2.45, 2.75) is 20.3 Å². The zero-order valence-electron chi connectivity index (χ0n) is 11.8. The molecular weight excluding hydrogens is 238 g/mol. The molecule has 1 aliphatic heterocycles. The maximum absolute atomic E-state index is 11.8. The molecule has 0 radical (unpaired) electrons. The van der Waals surface area contributed by atoms with Gasteiger partial charge in [-0.05, 0) is 57.1 Å². The number of benzene rings is 1. The predicted molar refractivity (Wildman–Crippen MR) is 79.6 cm³/mol. The number of nitrogens with zero attached hydrogens (tertiary/aromatic N) is 1. The average molecular weight is 261 g/mol. The predicted octanol–water partition coefficient (Wildman–Crippen LogP) is 2.08. The molecule has 104 valence electrons. The molecule has 4 nitrogen and oxygen atoms in total. The van der Waals surface area contributed by atoms with Gasteiger partial charge in [-0.2, -0.15) is 0 Å². The van der Waals surface area contributed by atoms with E-state index in [4.69, 9.17) is 0 Å². The highest BCUT2D eigenvalue weighted by molar-refractivity contribution is 5.91. The molecule has 19 heavy (non-hydrogen) atoms. The minimum atomic E-state index is 0.113. The highest BCUT2D eigenvalue weighted by Gasteiger charge is 2.19. The Morgan fingerprint density at radius 2 is 1.89 bits per heavy atom. The molecule has 2 N–H and O–H groups in total. The van der Waals surface area contributed by atoms with Crippen LogP contribution in [0, 0.1) is 5.92 Å². The Hall–Kier alpha value is -1.55. The van der Waals surface area contributed by atoms with Crippen LogP contribution in [-0.4, -0.2) is 32.1 Å². The van der Waals surface area contributed by atoms with Gasteiger partial charge in [0.05, 0.1) is 0 Å². The fourth-order valence-electron chi connectivity index (χ4n) is 2.31. The minimum Gasteiger partial charge on any atom is -0.372 e. The summed E-state index contributed by atoms with van der Waals surface area (Å²) in [6, 6.07) is 8.08. The first-order valence-electron chi connectivity index (χ1n) is 7.08. The van der Waals surface area contributed by atoms with Gasteiger partial charge in [-0.3, -0.25) is 4.79 Å². The fourth-order valence-corrected chi connectivity index (χ4v) is 2.31. The van der Waals surface area contributed by atoms with Gasteiger partial charge < -0.3 is 15.5 Å². The molecule has 1 aliphatic rings. The van der Waals surface area contributed by atoms with Crippen LogP contribution in [0.1, 0.15) is 20.3 Å². The smallest absolute Gasteiger partial charge is 0.224 e. The highest BCUT2D eigenvalue weighted by atomic mass is 16.1. The van der Waals surface area contributed by atoms with Crippen LogP contribution in [0.2, 0.25) is 0 Å². The number of anilines is 2. The van der Waals surface area contributed by atoms with E-state index in [1.54, 1.807) is 0 Å². The van der Waals surface area contributed by atoms with Crippen LogP contribution in [-0.2, 0) is 4.79 Å². The van der Waals surface area contributed by atoms with Gasteiger partial charge in [0.15, 0.2) is 0 Å². The summed E-state index contributed by atoms with van der Waals surface area (Å²) in [5.41, 5.74) is 2.08. The summed E-state index contributed by atoms with van der Waals surface area (Å²) in [4.78, 5) is 14.1. The summed E-state index contributed by atoms with van der Waals surface area (Å²) in [7, 11) is 0. The molecule has 2 rings (SSSR count). The molecule has 1 amide bonds. The van der Waals surface area contributed by atoms with Crippen LogP contribution in [0.3, 0.4) is 0 Å². The Labute approximate surface area is 115 Å². The van der Waals surface area contributed by atoms with Crippen LogP contribution < -0.4 is 15.5 Å². The lowest BCUT2D eigenvalue weighted by Crippen LogP contribution is -2.43. The monoisotopic (exact) mass is 261 g/mol. The van der Waals surface area contributed by atoms with Gasteiger partial charge in [0.1, 0.15) is 0 Å². The quantitative estimate of drug-likeness (QED) is 0.824. The molecule has 0 unspecified atom stereocenters. The third-order valence-electron chi connectivity index (χ3n) is 3.62. The molecule has 1 aromatic rings. The van der Waals surface area contributed by atoms with Crippen LogP contribution in [0.5, 0.6) is 0 Å². The molecule has 1 heterocycles. The van der Waals surface area contributed by atoms with E-state index in [-0.39, 0.29) is 5.91 Å². The van der Waals surface area contributed by atoms with E-state index < -0.39 is 0 Å². The van der Waals surface area contributed by atoms with Crippen molar-refractivity contribution < 1.29 is 4.79 Å². The first kappa shape index (κ1) is 13.9. The normalized spacial score (nSPS) is 14.8. The first-order chi connectivity index (χ1) is 9.22. The van der Waals surface area contributed by atoms with E-state index in [0.717, 1.165) is 31.9 Å². The number of rotatable bonds is 6. The lowest BCUT2D eigenvalue weighted by molar-refractivity contribution is -0.117. The van der Waals surface area contributed by atoms with Gasteiger partial charge in [0.2, 0.25) is 5.91 Å². The molecule has 1 saturated heterocycles. The van der Waals surface area contributed by atoms with Crippen LogP contribution >= 0.6 is 0 Å². The van der Waals surface area contributed by atoms with Crippen LogP contribution in [0.4, 0.5) is 11.4 Å². The largest absolute Gasteiger partial charge is 0.372 e. The number of amides is 1. The number of carbonyl (C=O) groups excluding carboxylic acids is 1. The molecule has 0 spiro atoms. The third kappa shape index (κ3) is 3.70. The Morgan fingerprint density at radius 1 is 1.26 bits per heavy atom.